The number of hydrogen-bond acceptors (Lipinski definition) is 2. The number of nitrogens with zero attached hydrogens (tertiary/aromatic N) is 1. The van der Waals surface area contributed by atoms with Gasteiger partial charge in [-0.25, -0.2) is 0 Å². The Morgan fingerprint density at radius 2 is 2.17 bits per heavy atom. The van der Waals surface area contributed by atoms with Crippen molar-refractivity contribution in [3.63, 3.8) is 0 Å². The van der Waals surface area contributed by atoms with Crippen LogP contribution >= 0.6 is 0 Å². The summed E-state index contributed by atoms with van der Waals surface area (Å²) in [6.07, 6.45) is 2.21. The number of hydrogen-bond donors (Lipinski definition) is 0. The standard InChI is InChI=1S/C9H13NO2/c1-6-7-3-2-4-10(7)9(12)5-8(6)11/h6-7H,2-5H2,1H3. The van der Waals surface area contributed by atoms with Gasteiger partial charge in [-0.2, -0.15) is 0 Å². The van der Waals surface area contributed by atoms with Crippen LogP contribution < -0.4 is 0 Å². The van der Waals surface area contributed by atoms with Crippen molar-refractivity contribution in [3.05, 3.63) is 0 Å². The Morgan fingerprint density at radius 3 is 2.92 bits per heavy atom. The molecule has 2 fully saturated rings. The largest absolute Gasteiger partial charge is 0.339 e. The van der Waals surface area contributed by atoms with Crippen LogP contribution in [0.4, 0.5) is 0 Å². The second kappa shape index (κ2) is 2.57. The summed E-state index contributed by atoms with van der Waals surface area (Å²) in [6.45, 7) is 2.80. The van der Waals surface area contributed by atoms with Crippen LogP contribution in [0.25, 0.3) is 0 Å². The van der Waals surface area contributed by atoms with Crippen LogP contribution in [0, 0.1) is 5.92 Å². The molecule has 2 saturated heterocycles. The molecule has 0 bridgehead atoms. The van der Waals surface area contributed by atoms with E-state index < -0.39 is 0 Å². The van der Waals surface area contributed by atoms with Gasteiger partial charge >= 0.3 is 0 Å². The third-order valence-corrected chi connectivity index (χ3v) is 3.03. The highest BCUT2D eigenvalue weighted by Crippen LogP contribution is 2.29. The second-order valence-electron chi connectivity index (χ2n) is 3.73. The van der Waals surface area contributed by atoms with Gasteiger partial charge in [0, 0.05) is 18.5 Å². The van der Waals surface area contributed by atoms with Gasteiger partial charge in [0.1, 0.15) is 5.78 Å². The van der Waals surface area contributed by atoms with Crippen molar-refractivity contribution in [2.45, 2.75) is 32.2 Å². The fraction of sp³-hybridized carbons (Fsp3) is 0.778. The zero-order chi connectivity index (χ0) is 8.72. The first-order chi connectivity index (χ1) is 5.70. The van der Waals surface area contributed by atoms with E-state index in [0.29, 0.717) is 0 Å². The van der Waals surface area contributed by atoms with Crippen LogP contribution in [0.15, 0.2) is 0 Å². The van der Waals surface area contributed by atoms with E-state index in [-0.39, 0.29) is 30.1 Å². The van der Waals surface area contributed by atoms with Crippen molar-refractivity contribution >= 4 is 11.7 Å². The first kappa shape index (κ1) is 7.77. The van der Waals surface area contributed by atoms with Gasteiger partial charge in [0.2, 0.25) is 5.91 Å². The molecule has 0 aromatic rings. The number of Topliss-reactive ketones (excluding diaryl/α,β-unsaturated/α-hetero) is 1. The molecule has 0 aromatic heterocycles. The number of amides is 1. The van der Waals surface area contributed by atoms with E-state index in [1.165, 1.54) is 0 Å². The third-order valence-electron chi connectivity index (χ3n) is 3.03. The summed E-state index contributed by atoms with van der Waals surface area (Å²) in [6, 6.07) is 0.221. The van der Waals surface area contributed by atoms with E-state index >= 15 is 0 Å². The lowest BCUT2D eigenvalue weighted by atomic mass is 9.89. The van der Waals surface area contributed by atoms with Gasteiger partial charge < -0.3 is 4.90 Å². The van der Waals surface area contributed by atoms with Gasteiger partial charge in [0.05, 0.1) is 6.42 Å². The highest BCUT2D eigenvalue weighted by Gasteiger charge is 2.40. The molecule has 1 amide bonds. The Kier molecular flexibility index (Phi) is 1.67. The second-order valence-corrected chi connectivity index (χ2v) is 3.73. The molecule has 0 radical (unpaired) electrons. The molecule has 3 nitrogen and oxygen atoms in total. The maximum atomic E-state index is 11.3. The summed E-state index contributed by atoms with van der Waals surface area (Å²) >= 11 is 0. The number of carbonyl (C=O) groups excluding carboxylic acids is 2. The molecule has 2 heterocycles. The van der Waals surface area contributed by atoms with Crippen molar-refractivity contribution in [2.24, 2.45) is 5.92 Å². The summed E-state index contributed by atoms with van der Waals surface area (Å²) in [4.78, 5) is 24.5. The van der Waals surface area contributed by atoms with E-state index in [2.05, 4.69) is 0 Å². The van der Waals surface area contributed by atoms with Gasteiger partial charge in [0.25, 0.3) is 0 Å². The maximum absolute atomic E-state index is 11.3. The molecule has 0 spiro atoms. The monoisotopic (exact) mass is 167 g/mol. The Bertz CT molecular complexity index is 237. The molecule has 66 valence electrons. The van der Waals surface area contributed by atoms with Crippen molar-refractivity contribution in [1.29, 1.82) is 0 Å². The zero-order valence-electron chi connectivity index (χ0n) is 7.25. The normalized spacial score (nSPS) is 35.6. The Balaban J connectivity index is 2.23. The van der Waals surface area contributed by atoms with Crippen LogP contribution in [0.2, 0.25) is 0 Å². The molecule has 2 aliphatic rings. The molecule has 0 aromatic carbocycles. The predicted octanol–water partition coefficient (Wildman–Crippen LogP) is 0.586. The fourth-order valence-electron chi connectivity index (χ4n) is 2.25. The van der Waals surface area contributed by atoms with E-state index in [4.69, 9.17) is 0 Å². The van der Waals surface area contributed by atoms with Gasteiger partial charge in [-0.15, -0.1) is 0 Å². The number of piperidine rings is 1. The van der Waals surface area contributed by atoms with Crippen molar-refractivity contribution < 1.29 is 9.59 Å². The summed E-state index contributed by atoms with van der Waals surface area (Å²) in [5, 5.41) is 0. The Labute approximate surface area is 71.7 Å². The lowest BCUT2D eigenvalue weighted by Gasteiger charge is -2.33. The van der Waals surface area contributed by atoms with Crippen LogP contribution in [-0.4, -0.2) is 29.2 Å². The average molecular weight is 167 g/mol. The van der Waals surface area contributed by atoms with Gasteiger partial charge in [-0.05, 0) is 12.8 Å². The third kappa shape index (κ3) is 0.958. The summed E-state index contributed by atoms with van der Waals surface area (Å²) in [5.74, 6) is 0.244. The highest BCUT2D eigenvalue weighted by molar-refractivity contribution is 6.02. The smallest absolute Gasteiger partial charge is 0.230 e. The summed E-state index contributed by atoms with van der Waals surface area (Å²) < 4.78 is 0. The number of fused-ring (bicyclic) bond motifs is 1. The maximum Gasteiger partial charge on any atom is 0.230 e. The molecule has 0 aliphatic carbocycles. The minimum atomic E-state index is 0.0422. The summed E-state index contributed by atoms with van der Waals surface area (Å²) in [5.41, 5.74) is 0. The van der Waals surface area contributed by atoms with Crippen molar-refractivity contribution in [1.82, 2.24) is 4.90 Å². The van der Waals surface area contributed by atoms with Gasteiger partial charge in [-0.3, -0.25) is 9.59 Å². The van der Waals surface area contributed by atoms with Crippen molar-refractivity contribution in [2.75, 3.05) is 6.54 Å². The van der Waals surface area contributed by atoms with Gasteiger partial charge in [0.15, 0.2) is 0 Å². The number of ketones is 1. The van der Waals surface area contributed by atoms with E-state index in [9.17, 15) is 9.59 Å². The minimum Gasteiger partial charge on any atom is -0.339 e. The first-order valence-electron chi connectivity index (χ1n) is 4.52. The van der Waals surface area contributed by atoms with E-state index in [1.807, 2.05) is 11.8 Å². The lowest BCUT2D eigenvalue weighted by molar-refractivity contribution is -0.144. The van der Waals surface area contributed by atoms with Crippen LogP contribution in [-0.2, 0) is 9.59 Å². The van der Waals surface area contributed by atoms with Gasteiger partial charge in [-0.1, -0.05) is 6.92 Å². The fourth-order valence-corrected chi connectivity index (χ4v) is 2.25. The summed E-state index contributed by atoms with van der Waals surface area (Å²) in [7, 11) is 0. The number of carbonyl (C=O) groups is 2. The molecular formula is C9H13NO2. The topological polar surface area (TPSA) is 37.4 Å². The molecule has 2 rings (SSSR count). The Hall–Kier alpha value is -0.860. The van der Waals surface area contributed by atoms with Crippen LogP contribution in [0.3, 0.4) is 0 Å². The average Bonchev–Trinajstić information content (AvgIpc) is 2.48. The quantitative estimate of drug-likeness (QED) is 0.495. The Morgan fingerprint density at radius 1 is 1.42 bits per heavy atom. The lowest BCUT2D eigenvalue weighted by Crippen LogP contribution is -2.48. The minimum absolute atomic E-state index is 0.0422. The molecule has 12 heavy (non-hydrogen) atoms. The first-order valence-corrected chi connectivity index (χ1v) is 4.52. The molecule has 0 N–H and O–H groups in total. The van der Waals surface area contributed by atoms with Crippen LogP contribution in [0.5, 0.6) is 0 Å². The zero-order valence-corrected chi connectivity index (χ0v) is 7.25. The SMILES string of the molecule is CC1C(=O)CC(=O)N2CCCC12. The number of rotatable bonds is 0. The predicted molar refractivity (Wildman–Crippen MR) is 43.5 cm³/mol. The molecule has 2 aliphatic heterocycles. The van der Waals surface area contributed by atoms with Crippen molar-refractivity contribution in [3.8, 4) is 0 Å². The van der Waals surface area contributed by atoms with E-state index in [0.717, 1.165) is 19.4 Å². The highest BCUT2D eigenvalue weighted by atomic mass is 16.2. The molecular weight excluding hydrogens is 154 g/mol. The van der Waals surface area contributed by atoms with Crippen LogP contribution in [0.1, 0.15) is 26.2 Å². The molecule has 3 heteroatoms. The molecule has 2 unspecified atom stereocenters. The molecule has 2 atom stereocenters. The van der Waals surface area contributed by atoms with E-state index in [1.54, 1.807) is 0 Å². The molecule has 0 saturated carbocycles.